The van der Waals surface area contributed by atoms with Crippen LogP contribution in [0.4, 0.5) is 5.69 Å². The number of nitrogens with zero attached hydrogens (tertiary/aromatic N) is 2. The van der Waals surface area contributed by atoms with Crippen LogP contribution < -0.4 is 5.32 Å². The smallest absolute Gasteiger partial charge is 0.335 e. The van der Waals surface area contributed by atoms with Crippen molar-refractivity contribution in [3.05, 3.63) is 136 Å². The zero-order chi connectivity index (χ0) is 27.5. The molecule has 1 atom stereocenters. The minimum Gasteiger partial charge on any atom is -0.478 e. The van der Waals surface area contributed by atoms with Crippen molar-refractivity contribution in [2.24, 2.45) is 0 Å². The Bertz CT molecular complexity index is 1670. The number of carbonyl (C=O) groups excluding carboxylic acids is 1. The van der Waals surface area contributed by atoms with Gasteiger partial charge in [-0.2, -0.15) is 0 Å². The number of non-ortho nitro benzene ring substituents is 1. The van der Waals surface area contributed by atoms with E-state index in [1.807, 2.05) is 55.6 Å². The van der Waals surface area contributed by atoms with E-state index >= 15 is 0 Å². The van der Waals surface area contributed by atoms with Crippen molar-refractivity contribution >= 4 is 28.5 Å². The fraction of sp³-hybridized carbons (Fsp3) is 0.0968. The fourth-order valence-corrected chi connectivity index (χ4v) is 4.53. The SMILES string of the molecule is CC(NC(=O)c1ccc2c(ccn2Cc2ccc(-c3ccc(C(=O)O)cc3)cc2)c1)c1ccc([N+](=O)[O-])cc1. The van der Waals surface area contributed by atoms with Crippen LogP contribution in [0, 0.1) is 10.1 Å². The summed E-state index contributed by atoms with van der Waals surface area (Å²) >= 11 is 0. The minimum absolute atomic E-state index is 0.00968. The Labute approximate surface area is 224 Å². The number of carboxylic acids is 1. The second-order valence-electron chi connectivity index (χ2n) is 9.34. The van der Waals surface area contributed by atoms with Crippen molar-refractivity contribution in [2.75, 3.05) is 0 Å². The number of amides is 1. The molecular weight excluding hydrogens is 494 g/mol. The molecule has 1 aromatic heterocycles. The molecule has 39 heavy (non-hydrogen) atoms. The number of aromatic nitrogens is 1. The average Bonchev–Trinajstić information content (AvgIpc) is 3.35. The Kier molecular flexibility index (Phi) is 6.93. The van der Waals surface area contributed by atoms with Crippen LogP contribution in [0.2, 0.25) is 0 Å². The van der Waals surface area contributed by atoms with Crippen molar-refractivity contribution < 1.29 is 19.6 Å². The summed E-state index contributed by atoms with van der Waals surface area (Å²) in [7, 11) is 0. The van der Waals surface area contributed by atoms with E-state index in [1.54, 1.807) is 42.5 Å². The Balaban J connectivity index is 1.26. The van der Waals surface area contributed by atoms with Crippen molar-refractivity contribution in [1.29, 1.82) is 0 Å². The highest BCUT2D eigenvalue weighted by atomic mass is 16.6. The van der Waals surface area contributed by atoms with E-state index in [1.165, 1.54) is 12.1 Å². The molecule has 0 radical (unpaired) electrons. The molecule has 8 heteroatoms. The van der Waals surface area contributed by atoms with Gasteiger partial charge in [0.15, 0.2) is 0 Å². The van der Waals surface area contributed by atoms with Crippen molar-refractivity contribution in [1.82, 2.24) is 9.88 Å². The molecule has 0 saturated carbocycles. The molecule has 194 valence electrons. The number of nitrogens with one attached hydrogen (secondary N) is 1. The van der Waals surface area contributed by atoms with Gasteiger partial charge in [0.25, 0.3) is 11.6 Å². The van der Waals surface area contributed by atoms with Gasteiger partial charge in [0.2, 0.25) is 0 Å². The predicted octanol–water partition coefficient (Wildman–Crippen LogP) is 6.45. The first-order valence-corrected chi connectivity index (χ1v) is 12.4. The zero-order valence-electron chi connectivity index (χ0n) is 21.1. The van der Waals surface area contributed by atoms with E-state index in [0.717, 1.165) is 33.2 Å². The lowest BCUT2D eigenvalue weighted by molar-refractivity contribution is -0.384. The third kappa shape index (κ3) is 5.55. The standard InChI is InChI=1S/C31H25N3O5/c1-20(22-10-13-28(14-11-22)34(38)39)32-30(35)27-12-15-29-26(18-27)16-17-33(29)19-21-2-4-23(5-3-21)24-6-8-25(9-7-24)31(36)37/h2-18,20H,19H2,1H3,(H,32,35)(H,36,37). The first-order chi connectivity index (χ1) is 18.8. The third-order valence-electron chi connectivity index (χ3n) is 6.76. The Morgan fingerprint density at radius 3 is 2.10 bits per heavy atom. The summed E-state index contributed by atoms with van der Waals surface area (Å²) in [5, 5.41) is 23.9. The molecule has 1 amide bonds. The van der Waals surface area contributed by atoms with Gasteiger partial charge in [-0.15, -0.1) is 0 Å². The Morgan fingerprint density at radius 1 is 0.872 bits per heavy atom. The van der Waals surface area contributed by atoms with Crippen LogP contribution in [0.25, 0.3) is 22.0 Å². The number of carboxylic acid groups (broad SMARTS) is 1. The van der Waals surface area contributed by atoms with Gasteiger partial charge >= 0.3 is 5.97 Å². The number of carbonyl (C=O) groups is 2. The number of nitro benzene ring substituents is 1. The molecule has 1 unspecified atom stereocenters. The topological polar surface area (TPSA) is 114 Å². The number of benzene rings is 4. The Hall–Kier alpha value is -5.24. The van der Waals surface area contributed by atoms with Gasteiger partial charge in [-0.05, 0) is 65.6 Å². The van der Waals surface area contributed by atoms with Gasteiger partial charge in [0, 0.05) is 41.3 Å². The minimum atomic E-state index is -0.944. The normalized spacial score (nSPS) is 11.7. The summed E-state index contributed by atoms with van der Waals surface area (Å²) in [5.74, 6) is -1.16. The highest BCUT2D eigenvalue weighted by Gasteiger charge is 2.14. The second kappa shape index (κ2) is 10.6. The number of aromatic carboxylic acids is 1. The molecule has 0 spiro atoms. The lowest BCUT2D eigenvalue weighted by Gasteiger charge is -2.14. The number of hydrogen-bond acceptors (Lipinski definition) is 4. The van der Waals surface area contributed by atoms with Crippen LogP contribution in [-0.4, -0.2) is 26.5 Å². The van der Waals surface area contributed by atoms with Gasteiger partial charge in [0.1, 0.15) is 0 Å². The number of nitro groups is 1. The van der Waals surface area contributed by atoms with E-state index in [9.17, 15) is 19.7 Å². The van der Waals surface area contributed by atoms with Crippen LogP contribution in [0.15, 0.2) is 103 Å². The van der Waals surface area contributed by atoms with Gasteiger partial charge in [-0.25, -0.2) is 4.79 Å². The van der Waals surface area contributed by atoms with E-state index in [0.29, 0.717) is 12.1 Å². The van der Waals surface area contributed by atoms with Crippen LogP contribution in [0.5, 0.6) is 0 Å². The molecular formula is C31H25N3O5. The van der Waals surface area contributed by atoms with Gasteiger partial charge in [0.05, 0.1) is 16.5 Å². The molecule has 8 nitrogen and oxygen atoms in total. The molecule has 0 saturated heterocycles. The van der Waals surface area contributed by atoms with Crippen molar-refractivity contribution in [3.8, 4) is 11.1 Å². The van der Waals surface area contributed by atoms with E-state index in [4.69, 9.17) is 5.11 Å². The predicted molar refractivity (Wildman–Crippen MR) is 149 cm³/mol. The number of hydrogen-bond donors (Lipinski definition) is 2. The van der Waals surface area contributed by atoms with E-state index < -0.39 is 10.9 Å². The van der Waals surface area contributed by atoms with Gasteiger partial charge < -0.3 is 15.0 Å². The molecule has 0 fully saturated rings. The van der Waals surface area contributed by atoms with Crippen molar-refractivity contribution in [3.63, 3.8) is 0 Å². The lowest BCUT2D eigenvalue weighted by Crippen LogP contribution is -2.26. The monoisotopic (exact) mass is 519 g/mol. The maximum atomic E-state index is 12.9. The number of rotatable bonds is 8. The maximum Gasteiger partial charge on any atom is 0.335 e. The highest BCUT2D eigenvalue weighted by molar-refractivity contribution is 5.98. The first-order valence-electron chi connectivity index (χ1n) is 12.4. The quantitative estimate of drug-likeness (QED) is 0.181. The summed E-state index contributed by atoms with van der Waals surface area (Å²) in [6, 6.07) is 28.3. The van der Waals surface area contributed by atoms with Crippen LogP contribution in [0.1, 0.15) is 44.8 Å². The van der Waals surface area contributed by atoms with Crippen molar-refractivity contribution in [2.45, 2.75) is 19.5 Å². The Morgan fingerprint density at radius 2 is 1.49 bits per heavy atom. The molecule has 0 aliphatic rings. The maximum absolute atomic E-state index is 12.9. The van der Waals surface area contributed by atoms with Gasteiger partial charge in [-0.1, -0.05) is 48.5 Å². The molecule has 2 N–H and O–H groups in total. The molecule has 0 aliphatic carbocycles. The molecule has 5 aromatic rings. The first kappa shape index (κ1) is 25.4. The molecule has 5 rings (SSSR count). The van der Waals surface area contributed by atoms with Gasteiger partial charge in [-0.3, -0.25) is 14.9 Å². The second-order valence-corrected chi connectivity index (χ2v) is 9.34. The summed E-state index contributed by atoms with van der Waals surface area (Å²) in [6.45, 7) is 2.49. The summed E-state index contributed by atoms with van der Waals surface area (Å²) in [6.07, 6.45) is 1.99. The lowest BCUT2D eigenvalue weighted by atomic mass is 10.0. The molecule has 0 bridgehead atoms. The third-order valence-corrected chi connectivity index (χ3v) is 6.76. The molecule has 4 aromatic carbocycles. The zero-order valence-corrected chi connectivity index (χ0v) is 21.1. The van der Waals surface area contributed by atoms with Crippen LogP contribution in [-0.2, 0) is 6.54 Å². The van der Waals surface area contributed by atoms with E-state index in [2.05, 4.69) is 9.88 Å². The highest BCUT2D eigenvalue weighted by Crippen LogP contribution is 2.24. The number of fused-ring (bicyclic) bond motifs is 1. The fourth-order valence-electron chi connectivity index (χ4n) is 4.53. The molecule has 1 heterocycles. The average molecular weight is 520 g/mol. The summed E-state index contributed by atoms with van der Waals surface area (Å²) in [5.41, 5.74) is 5.65. The van der Waals surface area contributed by atoms with Crippen LogP contribution in [0.3, 0.4) is 0 Å². The van der Waals surface area contributed by atoms with E-state index in [-0.39, 0.29) is 23.2 Å². The van der Waals surface area contributed by atoms with Crippen LogP contribution >= 0.6 is 0 Å². The summed E-state index contributed by atoms with van der Waals surface area (Å²) in [4.78, 5) is 34.4. The largest absolute Gasteiger partial charge is 0.478 e. The summed E-state index contributed by atoms with van der Waals surface area (Å²) < 4.78 is 2.12. The molecule has 0 aliphatic heterocycles.